The van der Waals surface area contributed by atoms with Crippen LogP contribution in [-0.2, 0) is 14.8 Å². The van der Waals surface area contributed by atoms with Gasteiger partial charge in [-0.15, -0.1) is 4.83 Å². The topological polar surface area (TPSA) is 114 Å². The van der Waals surface area contributed by atoms with E-state index in [1.165, 1.54) is 30.5 Å². The number of carbonyl (C=O) groups is 2. The number of carbonyl (C=O) groups excluding carboxylic acids is 2. The van der Waals surface area contributed by atoms with Crippen molar-refractivity contribution in [3.8, 4) is 0 Å². The lowest BCUT2D eigenvalue weighted by atomic mass is 10.2. The summed E-state index contributed by atoms with van der Waals surface area (Å²) in [6.45, 7) is 0. The van der Waals surface area contributed by atoms with E-state index >= 15 is 0 Å². The first kappa shape index (κ1) is 18.0. The van der Waals surface area contributed by atoms with Crippen LogP contribution in [0.15, 0.2) is 52.0 Å². The maximum atomic E-state index is 12.4. The zero-order chi connectivity index (χ0) is 17.7. The fourth-order valence-corrected chi connectivity index (χ4v) is 3.11. The molecule has 1 amide bonds. The number of aromatic nitrogens is 1. The third-order valence-electron chi connectivity index (χ3n) is 2.83. The fourth-order valence-electron chi connectivity index (χ4n) is 1.74. The molecule has 0 spiro atoms. The molecule has 0 bridgehead atoms. The van der Waals surface area contributed by atoms with E-state index in [4.69, 9.17) is 0 Å². The highest BCUT2D eigenvalue weighted by Gasteiger charge is 2.24. The van der Waals surface area contributed by atoms with Gasteiger partial charge in [-0.1, -0.05) is 22.0 Å². The van der Waals surface area contributed by atoms with Crippen molar-refractivity contribution < 1.29 is 22.7 Å². The number of methoxy groups -OCH3 is 1. The lowest BCUT2D eigenvalue weighted by Gasteiger charge is -2.11. The van der Waals surface area contributed by atoms with E-state index in [0.717, 1.165) is 7.11 Å². The van der Waals surface area contributed by atoms with Crippen molar-refractivity contribution in [3.05, 3.63) is 58.3 Å². The SMILES string of the molecule is COC(=O)c1cc(Br)ccc1S(=O)(=O)NNC(=O)c1ccccn1. The van der Waals surface area contributed by atoms with Crippen molar-refractivity contribution in [1.29, 1.82) is 0 Å². The molecule has 0 saturated carbocycles. The minimum atomic E-state index is -4.20. The molecule has 0 unspecified atom stereocenters. The number of rotatable bonds is 5. The van der Waals surface area contributed by atoms with Crippen molar-refractivity contribution in [1.82, 2.24) is 15.2 Å². The molecule has 0 aliphatic heterocycles. The van der Waals surface area contributed by atoms with Gasteiger partial charge in [-0.05, 0) is 30.3 Å². The molecule has 126 valence electrons. The second kappa shape index (κ2) is 7.51. The molecule has 0 atom stereocenters. The van der Waals surface area contributed by atoms with Crippen LogP contribution in [0, 0.1) is 0 Å². The number of nitrogens with one attached hydrogen (secondary N) is 2. The number of ether oxygens (including phenoxy) is 1. The minimum absolute atomic E-state index is 0.0317. The zero-order valence-corrected chi connectivity index (χ0v) is 14.7. The molecule has 2 rings (SSSR count). The number of pyridine rings is 1. The summed E-state index contributed by atoms with van der Waals surface area (Å²) in [5.74, 6) is -1.57. The minimum Gasteiger partial charge on any atom is -0.465 e. The Hall–Kier alpha value is -2.30. The number of esters is 1. The smallest absolute Gasteiger partial charge is 0.339 e. The third-order valence-corrected chi connectivity index (χ3v) is 4.63. The number of halogens is 1. The molecule has 0 aliphatic carbocycles. The molecule has 0 aliphatic rings. The Kier molecular flexibility index (Phi) is 5.65. The number of nitrogens with zero attached hydrogens (tertiary/aromatic N) is 1. The quantitative estimate of drug-likeness (QED) is 0.563. The summed E-state index contributed by atoms with van der Waals surface area (Å²) in [4.78, 5) is 29.0. The van der Waals surface area contributed by atoms with E-state index in [0.29, 0.717) is 4.47 Å². The Bertz CT molecular complexity index is 871. The van der Waals surface area contributed by atoms with Crippen LogP contribution in [0.4, 0.5) is 0 Å². The van der Waals surface area contributed by atoms with E-state index in [9.17, 15) is 18.0 Å². The Morgan fingerprint density at radius 3 is 2.58 bits per heavy atom. The summed E-state index contributed by atoms with van der Waals surface area (Å²) in [6.07, 6.45) is 1.40. The average molecular weight is 414 g/mol. The summed E-state index contributed by atoms with van der Waals surface area (Å²) in [5.41, 5.74) is 1.89. The predicted molar refractivity (Wildman–Crippen MR) is 87.5 cm³/mol. The molecule has 2 aromatic rings. The largest absolute Gasteiger partial charge is 0.465 e. The van der Waals surface area contributed by atoms with Gasteiger partial charge in [-0.3, -0.25) is 15.2 Å². The van der Waals surface area contributed by atoms with Gasteiger partial charge in [0.25, 0.3) is 15.9 Å². The number of amides is 1. The number of benzene rings is 1. The van der Waals surface area contributed by atoms with Crippen LogP contribution in [-0.4, -0.2) is 32.4 Å². The van der Waals surface area contributed by atoms with E-state index in [1.807, 2.05) is 10.3 Å². The van der Waals surface area contributed by atoms with Gasteiger partial charge in [0.15, 0.2) is 0 Å². The summed E-state index contributed by atoms with van der Waals surface area (Å²) >= 11 is 3.15. The van der Waals surface area contributed by atoms with Gasteiger partial charge in [0.05, 0.1) is 17.6 Å². The highest BCUT2D eigenvalue weighted by Crippen LogP contribution is 2.21. The van der Waals surface area contributed by atoms with Crippen LogP contribution in [0.25, 0.3) is 0 Å². The average Bonchev–Trinajstić information content (AvgIpc) is 2.59. The lowest BCUT2D eigenvalue weighted by Crippen LogP contribution is -2.42. The van der Waals surface area contributed by atoms with E-state index in [-0.39, 0.29) is 16.2 Å². The van der Waals surface area contributed by atoms with Crippen LogP contribution in [0.2, 0.25) is 0 Å². The van der Waals surface area contributed by atoms with Crippen molar-refractivity contribution in [3.63, 3.8) is 0 Å². The normalized spacial score (nSPS) is 10.9. The van der Waals surface area contributed by atoms with Gasteiger partial charge in [-0.2, -0.15) is 0 Å². The van der Waals surface area contributed by atoms with E-state index < -0.39 is 21.9 Å². The van der Waals surface area contributed by atoms with E-state index in [2.05, 4.69) is 25.7 Å². The predicted octanol–water partition coefficient (Wildman–Crippen LogP) is 1.25. The Morgan fingerprint density at radius 1 is 1.21 bits per heavy atom. The summed E-state index contributed by atoms with van der Waals surface area (Å²) in [5, 5.41) is 0. The van der Waals surface area contributed by atoms with Gasteiger partial charge >= 0.3 is 5.97 Å². The van der Waals surface area contributed by atoms with Crippen LogP contribution < -0.4 is 10.3 Å². The first-order valence-corrected chi connectivity index (χ1v) is 8.74. The highest BCUT2D eigenvalue weighted by molar-refractivity contribution is 9.10. The molecule has 0 saturated heterocycles. The summed E-state index contributed by atoms with van der Waals surface area (Å²) in [6, 6.07) is 8.59. The molecule has 1 heterocycles. The number of hydrazine groups is 1. The first-order valence-electron chi connectivity index (χ1n) is 6.46. The molecule has 10 heteroatoms. The Labute approximate surface area is 146 Å². The maximum absolute atomic E-state index is 12.4. The molecule has 1 aromatic carbocycles. The second-order valence-electron chi connectivity index (χ2n) is 4.41. The van der Waals surface area contributed by atoms with Crippen LogP contribution >= 0.6 is 15.9 Å². The third kappa shape index (κ3) is 4.16. The van der Waals surface area contributed by atoms with Crippen LogP contribution in [0.3, 0.4) is 0 Å². The molecular weight excluding hydrogens is 402 g/mol. The Morgan fingerprint density at radius 2 is 1.96 bits per heavy atom. The molecule has 24 heavy (non-hydrogen) atoms. The Balaban J connectivity index is 2.25. The highest BCUT2D eigenvalue weighted by atomic mass is 79.9. The van der Waals surface area contributed by atoms with Gasteiger partial charge in [-0.25, -0.2) is 13.2 Å². The monoisotopic (exact) mass is 413 g/mol. The number of hydrogen-bond acceptors (Lipinski definition) is 6. The van der Waals surface area contributed by atoms with Gasteiger partial charge in [0.1, 0.15) is 5.69 Å². The maximum Gasteiger partial charge on any atom is 0.339 e. The van der Waals surface area contributed by atoms with E-state index in [1.54, 1.807) is 12.1 Å². The fraction of sp³-hybridized carbons (Fsp3) is 0.0714. The molecular formula is C14H12BrN3O5S. The summed E-state index contributed by atoms with van der Waals surface area (Å²) < 4.78 is 29.8. The number of hydrogen-bond donors (Lipinski definition) is 2. The molecule has 0 fully saturated rings. The standard InChI is InChI=1S/C14H12BrN3O5S/c1-23-14(20)10-8-9(15)5-6-12(10)24(21,22)18-17-13(19)11-4-2-3-7-16-11/h2-8,18H,1H3,(H,17,19). The molecule has 2 N–H and O–H groups in total. The summed E-state index contributed by atoms with van der Waals surface area (Å²) in [7, 11) is -3.06. The van der Waals surface area contributed by atoms with Crippen molar-refractivity contribution in [2.45, 2.75) is 4.90 Å². The lowest BCUT2D eigenvalue weighted by molar-refractivity contribution is 0.0596. The van der Waals surface area contributed by atoms with Gasteiger partial charge in [0.2, 0.25) is 0 Å². The second-order valence-corrected chi connectivity index (χ2v) is 6.97. The molecule has 8 nitrogen and oxygen atoms in total. The van der Waals surface area contributed by atoms with Crippen molar-refractivity contribution in [2.24, 2.45) is 0 Å². The molecule has 0 radical (unpaired) electrons. The zero-order valence-electron chi connectivity index (χ0n) is 12.3. The van der Waals surface area contributed by atoms with Crippen molar-refractivity contribution >= 4 is 37.8 Å². The van der Waals surface area contributed by atoms with Crippen LogP contribution in [0.1, 0.15) is 20.8 Å². The molecule has 1 aromatic heterocycles. The van der Waals surface area contributed by atoms with Crippen molar-refractivity contribution in [2.75, 3.05) is 7.11 Å². The first-order chi connectivity index (χ1) is 11.3. The van der Waals surface area contributed by atoms with Gasteiger partial charge in [0, 0.05) is 10.7 Å². The number of sulfonamides is 1. The van der Waals surface area contributed by atoms with Crippen LogP contribution in [0.5, 0.6) is 0 Å². The van der Waals surface area contributed by atoms with Gasteiger partial charge < -0.3 is 4.74 Å².